The third-order valence-corrected chi connectivity index (χ3v) is 3.98. The molecule has 0 atom stereocenters. The third-order valence-electron chi connectivity index (χ3n) is 3.98. The first-order valence-electron chi connectivity index (χ1n) is 7.21. The topological polar surface area (TPSA) is 45.8 Å². The van der Waals surface area contributed by atoms with E-state index in [1.807, 2.05) is 54.7 Å². The molecule has 0 saturated heterocycles. The molecule has 3 nitrogen and oxygen atoms in total. The zero-order valence-electron chi connectivity index (χ0n) is 12.1. The average Bonchev–Trinajstić information content (AvgIpc) is 2.97. The number of aromatic amines is 1. The molecule has 2 aromatic heterocycles. The normalized spacial score (nSPS) is 11.1. The van der Waals surface area contributed by atoms with E-state index in [-0.39, 0.29) is 5.78 Å². The number of nitrogens with one attached hydrogen (secondary N) is 1. The molecule has 0 aliphatic heterocycles. The van der Waals surface area contributed by atoms with Gasteiger partial charge < -0.3 is 4.98 Å². The number of hydrogen-bond donors (Lipinski definition) is 1. The zero-order valence-corrected chi connectivity index (χ0v) is 12.1. The van der Waals surface area contributed by atoms with Crippen molar-refractivity contribution in [1.82, 2.24) is 9.97 Å². The van der Waals surface area contributed by atoms with Gasteiger partial charge in [-0.1, -0.05) is 30.3 Å². The van der Waals surface area contributed by atoms with Crippen molar-refractivity contribution in [3.8, 4) is 11.3 Å². The van der Waals surface area contributed by atoms with E-state index in [2.05, 4.69) is 11.1 Å². The lowest BCUT2D eigenvalue weighted by Gasteiger charge is -2.05. The van der Waals surface area contributed by atoms with Crippen LogP contribution in [0.2, 0.25) is 0 Å². The number of carbonyl (C=O) groups excluding carboxylic acids is 1. The Morgan fingerprint density at radius 2 is 1.82 bits per heavy atom. The molecule has 3 heteroatoms. The summed E-state index contributed by atoms with van der Waals surface area (Å²) in [6.07, 6.45) is 1.98. The molecule has 1 N–H and O–H groups in total. The molecule has 0 amide bonds. The number of hydrogen-bond acceptors (Lipinski definition) is 2. The fourth-order valence-electron chi connectivity index (χ4n) is 2.90. The number of ketones is 1. The SMILES string of the molecule is CC(=O)c1cccc2nc(-c3c[nH]c4ccccc34)ccc12. The zero-order chi connectivity index (χ0) is 15.1. The van der Waals surface area contributed by atoms with Gasteiger partial charge in [0.2, 0.25) is 0 Å². The van der Waals surface area contributed by atoms with Gasteiger partial charge in [-0.25, -0.2) is 4.98 Å². The summed E-state index contributed by atoms with van der Waals surface area (Å²) >= 11 is 0. The van der Waals surface area contributed by atoms with Gasteiger partial charge in [-0.3, -0.25) is 4.79 Å². The van der Waals surface area contributed by atoms with Crippen LogP contribution >= 0.6 is 0 Å². The van der Waals surface area contributed by atoms with Gasteiger partial charge in [-0.05, 0) is 31.2 Å². The second kappa shape index (κ2) is 4.81. The van der Waals surface area contributed by atoms with Crippen LogP contribution < -0.4 is 0 Å². The molecule has 0 fully saturated rings. The molecule has 0 saturated carbocycles. The second-order valence-electron chi connectivity index (χ2n) is 5.37. The number of nitrogens with zero attached hydrogens (tertiary/aromatic N) is 1. The molecular weight excluding hydrogens is 272 g/mol. The number of para-hydroxylation sites is 1. The van der Waals surface area contributed by atoms with Gasteiger partial charge in [0.25, 0.3) is 0 Å². The molecule has 0 aliphatic carbocycles. The summed E-state index contributed by atoms with van der Waals surface area (Å²) in [6.45, 7) is 1.59. The summed E-state index contributed by atoms with van der Waals surface area (Å²) in [4.78, 5) is 19.7. The number of fused-ring (bicyclic) bond motifs is 2. The summed E-state index contributed by atoms with van der Waals surface area (Å²) < 4.78 is 0. The maximum absolute atomic E-state index is 11.7. The minimum absolute atomic E-state index is 0.0623. The molecule has 4 rings (SSSR count). The standard InChI is InChI=1S/C19H14N2O/c1-12(22)13-6-4-8-18-15(13)9-10-19(21-18)16-11-20-17-7-3-2-5-14(16)17/h2-11,20H,1H3. The first-order valence-corrected chi connectivity index (χ1v) is 7.21. The Morgan fingerprint density at radius 1 is 0.955 bits per heavy atom. The molecule has 2 heterocycles. The van der Waals surface area contributed by atoms with Crippen molar-refractivity contribution in [3.05, 3.63) is 66.4 Å². The minimum atomic E-state index is 0.0623. The number of aromatic nitrogens is 2. The summed E-state index contributed by atoms with van der Waals surface area (Å²) in [5.41, 5.74) is 4.64. The second-order valence-corrected chi connectivity index (χ2v) is 5.37. The van der Waals surface area contributed by atoms with Crippen LogP contribution in [0.15, 0.2) is 60.8 Å². The number of carbonyl (C=O) groups is 1. The molecule has 0 unspecified atom stereocenters. The van der Waals surface area contributed by atoms with Gasteiger partial charge in [0.1, 0.15) is 0 Å². The molecule has 2 aromatic carbocycles. The van der Waals surface area contributed by atoms with Crippen LogP contribution in [0.4, 0.5) is 0 Å². The Balaban J connectivity index is 1.95. The predicted octanol–water partition coefficient (Wildman–Crippen LogP) is 4.59. The van der Waals surface area contributed by atoms with E-state index in [1.165, 1.54) is 0 Å². The van der Waals surface area contributed by atoms with Crippen molar-refractivity contribution in [2.75, 3.05) is 0 Å². The first kappa shape index (κ1) is 12.8. The molecule has 4 aromatic rings. The van der Waals surface area contributed by atoms with E-state index in [0.29, 0.717) is 0 Å². The van der Waals surface area contributed by atoms with Gasteiger partial charge in [-0.2, -0.15) is 0 Å². The van der Waals surface area contributed by atoms with Crippen molar-refractivity contribution < 1.29 is 4.79 Å². The number of H-pyrrole nitrogens is 1. The smallest absolute Gasteiger partial charge is 0.160 e. The van der Waals surface area contributed by atoms with Crippen LogP contribution in [0.3, 0.4) is 0 Å². The van der Waals surface area contributed by atoms with E-state index in [1.54, 1.807) is 6.92 Å². The number of Topliss-reactive ketones (excluding diaryl/α,β-unsaturated/α-hetero) is 1. The largest absolute Gasteiger partial charge is 0.360 e. The molecule has 0 bridgehead atoms. The highest BCUT2D eigenvalue weighted by Crippen LogP contribution is 2.29. The van der Waals surface area contributed by atoms with E-state index < -0.39 is 0 Å². The molecule has 0 spiro atoms. The van der Waals surface area contributed by atoms with Crippen molar-refractivity contribution in [1.29, 1.82) is 0 Å². The predicted molar refractivity (Wildman–Crippen MR) is 89.0 cm³/mol. The van der Waals surface area contributed by atoms with E-state index in [4.69, 9.17) is 4.98 Å². The maximum atomic E-state index is 11.7. The van der Waals surface area contributed by atoms with Crippen LogP contribution in [0.5, 0.6) is 0 Å². The lowest BCUT2D eigenvalue weighted by molar-refractivity contribution is 0.101. The van der Waals surface area contributed by atoms with Gasteiger partial charge in [-0.15, -0.1) is 0 Å². The summed E-state index contributed by atoms with van der Waals surface area (Å²) in [5.74, 6) is 0.0623. The molecule has 22 heavy (non-hydrogen) atoms. The lowest BCUT2D eigenvalue weighted by atomic mass is 10.0. The number of rotatable bonds is 2. The van der Waals surface area contributed by atoms with Crippen molar-refractivity contribution in [2.45, 2.75) is 6.92 Å². The van der Waals surface area contributed by atoms with Crippen LogP contribution in [0.1, 0.15) is 17.3 Å². The van der Waals surface area contributed by atoms with E-state index >= 15 is 0 Å². The fourth-order valence-corrected chi connectivity index (χ4v) is 2.90. The molecule has 106 valence electrons. The Bertz CT molecular complexity index is 1010. The highest BCUT2D eigenvalue weighted by molar-refractivity contribution is 6.06. The quantitative estimate of drug-likeness (QED) is 0.548. The van der Waals surface area contributed by atoms with Gasteiger partial charge in [0.15, 0.2) is 5.78 Å². The van der Waals surface area contributed by atoms with E-state index in [9.17, 15) is 4.79 Å². The van der Waals surface area contributed by atoms with Gasteiger partial charge >= 0.3 is 0 Å². The van der Waals surface area contributed by atoms with E-state index in [0.717, 1.165) is 38.6 Å². The monoisotopic (exact) mass is 286 g/mol. The van der Waals surface area contributed by atoms with Crippen LogP contribution in [-0.2, 0) is 0 Å². The molecule has 0 radical (unpaired) electrons. The highest BCUT2D eigenvalue weighted by Gasteiger charge is 2.10. The number of benzene rings is 2. The first-order chi connectivity index (χ1) is 10.7. The maximum Gasteiger partial charge on any atom is 0.160 e. The van der Waals surface area contributed by atoms with Crippen LogP contribution in [-0.4, -0.2) is 15.8 Å². The van der Waals surface area contributed by atoms with Crippen molar-refractivity contribution >= 4 is 27.6 Å². The van der Waals surface area contributed by atoms with Crippen LogP contribution in [0, 0.1) is 0 Å². The Kier molecular flexibility index (Phi) is 2.79. The summed E-state index contributed by atoms with van der Waals surface area (Å²) in [7, 11) is 0. The Hall–Kier alpha value is -2.94. The van der Waals surface area contributed by atoms with Gasteiger partial charge in [0, 0.05) is 33.6 Å². The molecule has 0 aliphatic rings. The highest BCUT2D eigenvalue weighted by atomic mass is 16.1. The molecular formula is C19H14N2O. The fraction of sp³-hybridized carbons (Fsp3) is 0.0526. The lowest BCUT2D eigenvalue weighted by Crippen LogP contribution is -1.95. The minimum Gasteiger partial charge on any atom is -0.360 e. The summed E-state index contributed by atoms with van der Waals surface area (Å²) in [6, 6.07) is 17.8. The number of pyridine rings is 1. The van der Waals surface area contributed by atoms with Crippen LogP contribution in [0.25, 0.3) is 33.1 Å². The van der Waals surface area contributed by atoms with Crippen molar-refractivity contribution in [2.24, 2.45) is 0 Å². The third kappa shape index (κ3) is 1.91. The average molecular weight is 286 g/mol. The Morgan fingerprint density at radius 3 is 2.68 bits per heavy atom. The van der Waals surface area contributed by atoms with Gasteiger partial charge in [0.05, 0.1) is 11.2 Å². The summed E-state index contributed by atoms with van der Waals surface area (Å²) in [5, 5.41) is 2.05. The Labute approximate surface area is 127 Å². The van der Waals surface area contributed by atoms with Crippen molar-refractivity contribution in [3.63, 3.8) is 0 Å².